The van der Waals surface area contributed by atoms with Crippen LogP contribution in [0.2, 0.25) is 0 Å². The van der Waals surface area contributed by atoms with Crippen molar-refractivity contribution in [2.24, 2.45) is 0 Å². The molecule has 1 saturated heterocycles. The van der Waals surface area contributed by atoms with Crippen LogP contribution in [0.5, 0.6) is 0 Å². The molecule has 0 radical (unpaired) electrons. The van der Waals surface area contributed by atoms with Crippen molar-refractivity contribution in [2.75, 3.05) is 33.3 Å². The molecule has 0 spiro atoms. The molecule has 1 atom stereocenters. The van der Waals surface area contributed by atoms with Gasteiger partial charge >= 0.3 is 5.97 Å². The molecule has 1 amide bonds. The zero-order valence-electron chi connectivity index (χ0n) is 19.9. The number of unbranched alkanes of at least 4 members (excludes halogenated alkanes) is 1. The van der Waals surface area contributed by atoms with Crippen molar-refractivity contribution in [3.05, 3.63) is 71.3 Å². The molecule has 0 aromatic heterocycles. The molecule has 1 aliphatic rings. The van der Waals surface area contributed by atoms with E-state index in [9.17, 15) is 9.59 Å². The summed E-state index contributed by atoms with van der Waals surface area (Å²) in [6.07, 6.45) is 4.78. The van der Waals surface area contributed by atoms with Crippen LogP contribution in [0.25, 0.3) is 0 Å². The topological polar surface area (TPSA) is 49.9 Å². The lowest BCUT2D eigenvalue weighted by atomic mass is 10.00. The van der Waals surface area contributed by atoms with Gasteiger partial charge in [0.2, 0.25) is 5.91 Å². The molecule has 180 valence electrons. The van der Waals surface area contributed by atoms with Crippen molar-refractivity contribution < 1.29 is 14.3 Å². The third-order valence-corrected chi connectivity index (χ3v) is 6.23. The van der Waals surface area contributed by atoms with Crippen LogP contribution in [-0.2, 0) is 27.2 Å². The molecule has 3 rings (SSSR count). The number of rotatable bonds is 11. The molecule has 0 N–H and O–H groups in total. The number of ether oxygens (including phenoxy) is 1. The summed E-state index contributed by atoms with van der Waals surface area (Å²) >= 11 is 0. The average Bonchev–Trinajstić information content (AvgIpc) is 3.32. The highest BCUT2D eigenvalue weighted by Crippen LogP contribution is 2.24. The van der Waals surface area contributed by atoms with E-state index < -0.39 is 0 Å². The van der Waals surface area contributed by atoms with Crippen molar-refractivity contribution in [1.29, 1.82) is 0 Å². The number of likely N-dealkylation sites (N-methyl/N-ethyl adjacent to an activating group) is 1. The van der Waals surface area contributed by atoms with E-state index in [2.05, 4.69) is 24.0 Å². The normalized spacial score (nSPS) is 14.4. The fraction of sp³-hybridized carbons (Fsp3) is 0.481. The van der Waals surface area contributed by atoms with E-state index in [0.717, 1.165) is 49.2 Å². The van der Waals surface area contributed by atoms with Crippen LogP contribution < -0.4 is 0 Å². The van der Waals surface area contributed by atoms with E-state index in [4.69, 9.17) is 4.74 Å². The first-order chi connectivity index (χ1) is 15.6. The Kier molecular flexibility index (Phi) is 11.4. The second-order valence-corrected chi connectivity index (χ2v) is 8.64. The minimum atomic E-state index is -0.233. The van der Waals surface area contributed by atoms with Gasteiger partial charge < -0.3 is 14.5 Å². The van der Waals surface area contributed by atoms with Crippen molar-refractivity contribution in [3.8, 4) is 0 Å². The maximum Gasteiger partial charge on any atom is 0.310 e. The largest absolute Gasteiger partial charge is 0.465 e. The molecule has 33 heavy (non-hydrogen) atoms. The predicted molar refractivity (Wildman–Crippen MR) is 135 cm³/mol. The molecular weight excluding hydrogens is 436 g/mol. The van der Waals surface area contributed by atoms with E-state index in [-0.39, 0.29) is 43.2 Å². The summed E-state index contributed by atoms with van der Waals surface area (Å²) in [6.45, 7) is 5.55. The van der Waals surface area contributed by atoms with Gasteiger partial charge in [-0.15, -0.1) is 12.4 Å². The van der Waals surface area contributed by atoms with Gasteiger partial charge in [0, 0.05) is 13.6 Å². The number of hydrogen-bond acceptors (Lipinski definition) is 4. The van der Waals surface area contributed by atoms with Crippen molar-refractivity contribution >= 4 is 24.3 Å². The summed E-state index contributed by atoms with van der Waals surface area (Å²) in [7, 11) is 1.90. The number of nitrogens with zero attached hydrogens (tertiary/aromatic N) is 2. The summed E-state index contributed by atoms with van der Waals surface area (Å²) in [5, 5.41) is 0. The average molecular weight is 473 g/mol. The van der Waals surface area contributed by atoms with Crippen molar-refractivity contribution in [3.63, 3.8) is 0 Å². The van der Waals surface area contributed by atoms with Gasteiger partial charge in [0.25, 0.3) is 0 Å². The second kappa shape index (κ2) is 14.0. The maximum absolute atomic E-state index is 13.3. The SMILES string of the molecule is CCCCOC(=O)Cc1ccccc1CC(=O)N(C)[C@H](CN1CCCC1)c1ccccc1.Cl. The lowest BCUT2D eigenvalue weighted by Crippen LogP contribution is -2.39. The van der Waals surface area contributed by atoms with Crippen molar-refractivity contribution in [2.45, 2.75) is 51.5 Å². The molecular formula is C27H37ClN2O3. The smallest absolute Gasteiger partial charge is 0.310 e. The number of halogens is 1. The van der Waals surface area contributed by atoms with E-state index in [1.54, 1.807) is 0 Å². The molecule has 2 aromatic carbocycles. The van der Waals surface area contributed by atoms with Gasteiger partial charge in [0.1, 0.15) is 0 Å². The summed E-state index contributed by atoms with van der Waals surface area (Å²) in [5.41, 5.74) is 2.92. The van der Waals surface area contributed by atoms with Crippen LogP contribution in [0.1, 0.15) is 55.3 Å². The number of likely N-dealkylation sites (tertiary alicyclic amines) is 1. The monoisotopic (exact) mass is 472 g/mol. The van der Waals surface area contributed by atoms with Crippen LogP contribution in [0, 0.1) is 0 Å². The number of esters is 1. The quantitative estimate of drug-likeness (QED) is 0.347. The Bertz CT molecular complexity index is 869. The maximum atomic E-state index is 13.3. The Hall–Kier alpha value is -2.37. The molecule has 0 unspecified atom stereocenters. The summed E-state index contributed by atoms with van der Waals surface area (Å²) in [5.74, 6) is -0.173. The first-order valence-electron chi connectivity index (χ1n) is 11.8. The highest BCUT2D eigenvalue weighted by Gasteiger charge is 2.26. The Balaban J connectivity index is 0.00000385. The first-order valence-corrected chi connectivity index (χ1v) is 11.8. The minimum Gasteiger partial charge on any atom is -0.465 e. The third-order valence-electron chi connectivity index (χ3n) is 6.23. The van der Waals surface area contributed by atoms with Gasteiger partial charge in [-0.1, -0.05) is 67.9 Å². The molecule has 0 bridgehead atoms. The lowest BCUT2D eigenvalue weighted by molar-refractivity contribution is -0.143. The number of amides is 1. The predicted octanol–water partition coefficient (Wildman–Crippen LogP) is 4.83. The first kappa shape index (κ1) is 26.9. The van der Waals surface area contributed by atoms with Gasteiger partial charge in [0.15, 0.2) is 0 Å². The van der Waals surface area contributed by atoms with Crippen LogP contribution in [0.15, 0.2) is 54.6 Å². The van der Waals surface area contributed by atoms with Crippen LogP contribution in [0.3, 0.4) is 0 Å². The molecule has 5 nitrogen and oxygen atoms in total. The van der Waals surface area contributed by atoms with Gasteiger partial charge in [-0.3, -0.25) is 9.59 Å². The van der Waals surface area contributed by atoms with Crippen LogP contribution in [-0.4, -0.2) is 55.0 Å². The Labute approximate surface area is 204 Å². The Morgan fingerprint density at radius 1 is 0.970 bits per heavy atom. The van der Waals surface area contributed by atoms with E-state index in [0.29, 0.717) is 6.61 Å². The molecule has 1 heterocycles. The minimum absolute atomic E-state index is 0. The van der Waals surface area contributed by atoms with Gasteiger partial charge in [-0.2, -0.15) is 0 Å². The van der Waals surface area contributed by atoms with Gasteiger partial charge in [-0.05, 0) is 49.0 Å². The summed E-state index contributed by atoms with van der Waals surface area (Å²) < 4.78 is 5.32. The van der Waals surface area contributed by atoms with Crippen molar-refractivity contribution in [1.82, 2.24) is 9.80 Å². The lowest BCUT2D eigenvalue weighted by Gasteiger charge is -2.32. The molecule has 6 heteroatoms. The highest BCUT2D eigenvalue weighted by atomic mass is 35.5. The Morgan fingerprint density at radius 2 is 1.58 bits per heavy atom. The fourth-order valence-electron chi connectivity index (χ4n) is 4.24. The molecule has 0 aliphatic carbocycles. The third kappa shape index (κ3) is 8.17. The summed E-state index contributed by atoms with van der Waals surface area (Å²) in [6, 6.07) is 18.0. The number of hydrogen-bond donors (Lipinski definition) is 0. The zero-order chi connectivity index (χ0) is 22.8. The van der Waals surface area contributed by atoms with Gasteiger partial charge in [0.05, 0.1) is 25.5 Å². The fourth-order valence-corrected chi connectivity index (χ4v) is 4.24. The Morgan fingerprint density at radius 3 is 2.21 bits per heavy atom. The number of benzene rings is 2. The number of carbonyl (C=O) groups is 2. The van der Waals surface area contributed by atoms with Crippen LogP contribution >= 0.6 is 12.4 Å². The molecule has 2 aromatic rings. The number of carbonyl (C=O) groups excluding carboxylic acids is 2. The van der Waals surface area contributed by atoms with Crippen LogP contribution in [0.4, 0.5) is 0 Å². The molecule has 1 fully saturated rings. The highest BCUT2D eigenvalue weighted by molar-refractivity contribution is 5.85. The summed E-state index contributed by atoms with van der Waals surface area (Å²) in [4.78, 5) is 29.9. The zero-order valence-corrected chi connectivity index (χ0v) is 20.7. The molecule has 0 saturated carbocycles. The standard InChI is InChI=1S/C27H36N2O3.ClH/c1-3-4-18-32-27(31)20-24-15-9-8-14-23(24)19-26(30)28(2)25(21-29-16-10-11-17-29)22-12-6-5-7-13-22;/h5-9,12-15,25H,3-4,10-11,16-21H2,1-2H3;1H/t25-;/m1./s1. The van der Waals surface area contributed by atoms with Gasteiger partial charge in [-0.25, -0.2) is 0 Å². The second-order valence-electron chi connectivity index (χ2n) is 8.64. The van der Waals surface area contributed by atoms with E-state index in [1.165, 1.54) is 12.8 Å². The van der Waals surface area contributed by atoms with E-state index in [1.807, 2.05) is 54.4 Å². The van der Waals surface area contributed by atoms with E-state index >= 15 is 0 Å². The molecule has 1 aliphatic heterocycles.